The second-order valence-electron chi connectivity index (χ2n) is 10.2. The van der Waals surface area contributed by atoms with Crippen LogP contribution in [0.4, 0.5) is 0 Å². The predicted molar refractivity (Wildman–Crippen MR) is 124 cm³/mol. The molecule has 0 spiro atoms. The third-order valence-electron chi connectivity index (χ3n) is 7.28. The summed E-state index contributed by atoms with van der Waals surface area (Å²) in [4.78, 5) is 0. The molecule has 1 heterocycles. The third kappa shape index (κ3) is 8.18. The van der Waals surface area contributed by atoms with Gasteiger partial charge >= 0.3 is 0 Å². The van der Waals surface area contributed by atoms with E-state index in [2.05, 4.69) is 40.0 Å². The molecule has 0 aromatic rings. The Morgan fingerprint density at radius 2 is 1.08 bits per heavy atom. The maximum absolute atomic E-state index is 7.13. The molecule has 1 saturated heterocycles. The van der Waals surface area contributed by atoms with Gasteiger partial charge in [0, 0.05) is 0 Å². The molecule has 0 radical (unpaired) electrons. The van der Waals surface area contributed by atoms with E-state index in [1.165, 1.54) is 102 Å². The van der Waals surface area contributed by atoms with Crippen LogP contribution in [0.5, 0.6) is 0 Å². The summed E-state index contributed by atoms with van der Waals surface area (Å²) in [6.07, 6.45) is 20.9. The van der Waals surface area contributed by atoms with Crippen LogP contribution in [-0.2, 0) is 4.43 Å². The minimum absolute atomic E-state index is 0.258. The molecule has 0 amide bonds. The lowest BCUT2D eigenvalue weighted by atomic mass is 9.87. The molecule has 1 rings (SSSR count). The van der Waals surface area contributed by atoms with Crippen molar-refractivity contribution < 1.29 is 4.43 Å². The van der Waals surface area contributed by atoms with Gasteiger partial charge in [-0.25, -0.2) is 0 Å². The van der Waals surface area contributed by atoms with Gasteiger partial charge in [-0.2, -0.15) is 0 Å². The zero-order valence-electron chi connectivity index (χ0n) is 19.2. The second kappa shape index (κ2) is 12.1. The van der Waals surface area contributed by atoms with Crippen molar-refractivity contribution in [3.63, 3.8) is 0 Å². The predicted octanol–water partition coefficient (Wildman–Crippen LogP) is 8.64. The van der Waals surface area contributed by atoms with E-state index < -0.39 is 15.4 Å². The van der Waals surface area contributed by atoms with Crippen molar-refractivity contribution in [1.82, 2.24) is 0 Å². The normalized spacial score (nSPS) is 21.0. The van der Waals surface area contributed by atoms with Gasteiger partial charge in [-0.15, -0.1) is 0 Å². The van der Waals surface area contributed by atoms with Crippen molar-refractivity contribution in [2.24, 2.45) is 0 Å². The first-order chi connectivity index (χ1) is 12.3. The van der Waals surface area contributed by atoms with Crippen molar-refractivity contribution in [3.05, 3.63) is 0 Å². The first kappa shape index (κ1) is 24.4. The van der Waals surface area contributed by atoms with Crippen molar-refractivity contribution in [2.75, 3.05) is 0 Å². The van der Waals surface area contributed by atoms with Gasteiger partial charge in [0.15, 0.2) is 7.83 Å². The maximum Gasteiger partial charge on any atom is 0.174 e. The lowest BCUT2D eigenvalue weighted by Crippen LogP contribution is -2.65. The van der Waals surface area contributed by atoms with Crippen molar-refractivity contribution in [2.45, 2.75) is 148 Å². The summed E-state index contributed by atoms with van der Waals surface area (Å²) >= 11 is 0. The summed E-state index contributed by atoms with van der Waals surface area (Å²) in [7, 11) is -2.60. The Hall–Kier alpha value is 0.394. The fourth-order valence-electron chi connectivity index (χ4n) is 4.50. The van der Waals surface area contributed by atoms with Crippen LogP contribution in [0, 0.1) is 0 Å². The SMILES string of the molecule is CCCCCCCCC1(CCCCCCCC)CC[Si](C)(C)[Si](C)(C)O1. The van der Waals surface area contributed by atoms with Gasteiger partial charge in [-0.3, -0.25) is 0 Å². The first-order valence-electron chi connectivity index (χ1n) is 12.0. The quantitative estimate of drug-likeness (QED) is 0.210. The Balaban J connectivity index is 2.52. The zero-order valence-corrected chi connectivity index (χ0v) is 21.2. The molecule has 1 fully saturated rings. The molecule has 156 valence electrons. The highest BCUT2D eigenvalue weighted by atomic mass is 29.3. The summed E-state index contributed by atoms with van der Waals surface area (Å²) in [6, 6.07) is 1.51. The molecule has 1 aliphatic heterocycles. The molecule has 0 N–H and O–H groups in total. The van der Waals surface area contributed by atoms with Crippen LogP contribution < -0.4 is 0 Å². The van der Waals surface area contributed by atoms with Crippen molar-refractivity contribution >= 4 is 15.4 Å². The van der Waals surface area contributed by atoms with Gasteiger partial charge in [0.1, 0.15) is 0 Å². The molecule has 0 aromatic carbocycles. The van der Waals surface area contributed by atoms with Gasteiger partial charge in [-0.05, 0) is 32.4 Å². The van der Waals surface area contributed by atoms with Crippen LogP contribution in [0.2, 0.25) is 32.2 Å². The van der Waals surface area contributed by atoms with Crippen LogP contribution >= 0.6 is 0 Å². The molecule has 3 heteroatoms. The molecule has 0 atom stereocenters. The van der Waals surface area contributed by atoms with E-state index >= 15 is 0 Å². The zero-order chi connectivity index (χ0) is 19.5. The molecular weight excluding hydrogens is 348 g/mol. The standard InChI is InChI=1S/C23H50OSi2/c1-7-9-11-13-15-17-19-23(20-18-16-14-12-10-8-2)21-22-25(3,4)26(5,6)24-23/h7-22H2,1-6H3. The lowest BCUT2D eigenvalue weighted by molar-refractivity contribution is 0.0298. The highest BCUT2D eigenvalue weighted by Gasteiger charge is 2.52. The molecular formula is C23H50OSi2. The van der Waals surface area contributed by atoms with E-state index in [0.29, 0.717) is 0 Å². The minimum Gasteiger partial charge on any atom is -0.415 e. The van der Waals surface area contributed by atoms with Crippen LogP contribution in [0.25, 0.3) is 0 Å². The van der Waals surface area contributed by atoms with Gasteiger partial charge in [0.25, 0.3) is 0 Å². The smallest absolute Gasteiger partial charge is 0.174 e. The molecule has 0 unspecified atom stereocenters. The summed E-state index contributed by atoms with van der Waals surface area (Å²) in [5.41, 5.74) is 0.258. The Bertz CT molecular complexity index is 349. The molecule has 0 aromatic heterocycles. The highest BCUT2D eigenvalue weighted by molar-refractivity contribution is 7.38. The summed E-state index contributed by atoms with van der Waals surface area (Å²) in [5.74, 6) is 0. The molecule has 0 aliphatic carbocycles. The van der Waals surface area contributed by atoms with Gasteiger partial charge in [0.05, 0.1) is 13.2 Å². The second-order valence-corrected chi connectivity index (χ2v) is 25.4. The molecule has 26 heavy (non-hydrogen) atoms. The monoisotopic (exact) mass is 398 g/mol. The summed E-state index contributed by atoms with van der Waals surface area (Å²) < 4.78 is 7.13. The Labute approximate surface area is 168 Å². The average molecular weight is 399 g/mol. The maximum atomic E-state index is 7.13. The lowest BCUT2D eigenvalue weighted by Gasteiger charge is -2.52. The summed E-state index contributed by atoms with van der Waals surface area (Å²) in [6.45, 7) is 14.9. The third-order valence-corrected chi connectivity index (χ3v) is 23.8. The van der Waals surface area contributed by atoms with Gasteiger partial charge < -0.3 is 4.43 Å². The minimum atomic E-state index is -1.48. The molecule has 0 saturated carbocycles. The van der Waals surface area contributed by atoms with Crippen LogP contribution in [-0.4, -0.2) is 21.0 Å². The Morgan fingerprint density at radius 1 is 0.654 bits per heavy atom. The van der Waals surface area contributed by atoms with E-state index in [1.54, 1.807) is 0 Å². The molecule has 1 nitrogen and oxygen atoms in total. The fraction of sp³-hybridized carbons (Fsp3) is 1.00. The van der Waals surface area contributed by atoms with Gasteiger partial charge in [-0.1, -0.05) is 110 Å². The average Bonchev–Trinajstić information content (AvgIpc) is 2.58. The molecule has 1 aliphatic rings. The molecule has 0 bridgehead atoms. The number of rotatable bonds is 14. The fourth-order valence-corrected chi connectivity index (χ4v) is 11.5. The van der Waals surface area contributed by atoms with Crippen molar-refractivity contribution in [3.8, 4) is 0 Å². The largest absolute Gasteiger partial charge is 0.415 e. The van der Waals surface area contributed by atoms with E-state index in [1.807, 2.05) is 0 Å². The number of hydrogen-bond donors (Lipinski definition) is 0. The van der Waals surface area contributed by atoms with E-state index in [-0.39, 0.29) is 5.60 Å². The Kier molecular flexibility index (Phi) is 11.3. The van der Waals surface area contributed by atoms with E-state index in [4.69, 9.17) is 4.43 Å². The van der Waals surface area contributed by atoms with Crippen LogP contribution in [0.15, 0.2) is 0 Å². The van der Waals surface area contributed by atoms with Crippen LogP contribution in [0.1, 0.15) is 110 Å². The first-order valence-corrected chi connectivity index (χ1v) is 19.1. The van der Waals surface area contributed by atoms with E-state index in [0.717, 1.165) is 0 Å². The van der Waals surface area contributed by atoms with Crippen LogP contribution in [0.3, 0.4) is 0 Å². The topological polar surface area (TPSA) is 9.23 Å². The van der Waals surface area contributed by atoms with Gasteiger partial charge in [0.2, 0.25) is 0 Å². The Morgan fingerprint density at radius 3 is 1.50 bits per heavy atom. The number of unbranched alkanes of at least 4 members (excludes halogenated alkanes) is 10. The highest BCUT2D eigenvalue weighted by Crippen LogP contribution is 2.44. The van der Waals surface area contributed by atoms with Crippen molar-refractivity contribution in [1.29, 1.82) is 0 Å². The number of hydrogen-bond acceptors (Lipinski definition) is 1. The van der Waals surface area contributed by atoms with E-state index in [9.17, 15) is 0 Å². The summed E-state index contributed by atoms with van der Waals surface area (Å²) in [5, 5.41) is 0.